The fourth-order valence-electron chi connectivity index (χ4n) is 2.41. The molecule has 0 saturated carbocycles. The molecule has 0 unspecified atom stereocenters. The van der Waals surface area contributed by atoms with E-state index in [9.17, 15) is 14.7 Å². The number of methoxy groups -OCH3 is 1. The van der Waals surface area contributed by atoms with Gasteiger partial charge in [0.15, 0.2) is 5.76 Å². The van der Waals surface area contributed by atoms with Crippen molar-refractivity contribution in [2.45, 2.75) is 0 Å². The van der Waals surface area contributed by atoms with E-state index in [2.05, 4.69) is 0 Å². The number of hydrogen-bond acceptors (Lipinski definition) is 4. The van der Waals surface area contributed by atoms with E-state index in [1.54, 1.807) is 36.4 Å². The number of imide groups is 1. The van der Waals surface area contributed by atoms with Crippen LogP contribution in [0.1, 0.15) is 5.56 Å². The van der Waals surface area contributed by atoms with Crippen LogP contribution in [0.4, 0.5) is 5.69 Å². The van der Waals surface area contributed by atoms with Crippen molar-refractivity contribution in [3.63, 3.8) is 0 Å². The number of benzene rings is 2. The zero-order chi connectivity index (χ0) is 16.6. The zero-order valence-electron chi connectivity index (χ0n) is 12.1. The summed E-state index contributed by atoms with van der Waals surface area (Å²) in [6, 6.07) is 13.1. The lowest BCUT2D eigenvalue weighted by atomic mass is 10.1. The minimum atomic E-state index is -0.782. The third-order valence-corrected chi connectivity index (χ3v) is 3.81. The van der Waals surface area contributed by atoms with Crippen molar-refractivity contribution in [1.29, 1.82) is 0 Å². The largest absolute Gasteiger partial charge is 0.502 e. The molecule has 116 valence electrons. The lowest BCUT2D eigenvalue weighted by Crippen LogP contribution is -2.31. The van der Waals surface area contributed by atoms with Crippen LogP contribution in [0.2, 0.25) is 5.02 Å². The number of halogens is 1. The van der Waals surface area contributed by atoms with Crippen molar-refractivity contribution in [2.24, 2.45) is 0 Å². The van der Waals surface area contributed by atoms with Gasteiger partial charge in [-0.05, 0) is 23.8 Å². The van der Waals surface area contributed by atoms with Crippen LogP contribution in [-0.4, -0.2) is 24.0 Å². The second kappa shape index (κ2) is 5.78. The van der Waals surface area contributed by atoms with E-state index in [4.69, 9.17) is 16.3 Å². The number of rotatable bonds is 3. The summed E-state index contributed by atoms with van der Waals surface area (Å²) in [5.41, 5.74) is 0.719. The van der Waals surface area contributed by atoms with Crippen molar-refractivity contribution in [1.82, 2.24) is 0 Å². The molecule has 0 bridgehead atoms. The summed E-state index contributed by atoms with van der Waals surface area (Å²) in [7, 11) is 1.47. The first kappa shape index (κ1) is 15.1. The van der Waals surface area contributed by atoms with Gasteiger partial charge in [-0.25, -0.2) is 4.90 Å². The molecule has 23 heavy (non-hydrogen) atoms. The molecule has 2 aromatic rings. The Morgan fingerprint density at radius 1 is 1.04 bits per heavy atom. The first-order valence-electron chi connectivity index (χ1n) is 6.75. The molecule has 2 amide bonds. The highest BCUT2D eigenvalue weighted by molar-refractivity contribution is 6.45. The summed E-state index contributed by atoms with van der Waals surface area (Å²) in [5, 5.41) is 10.4. The van der Waals surface area contributed by atoms with Crippen LogP contribution in [0.25, 0.3) is 5.57 Å². The lowest BCUT2D eigenvalue weighted by molar-refractivity contribution is -0.121. The molecular weight excluding hydrogens is 318 g/mol. The van der Waals surface area contributed by atoms with Crippen molar-refractivity contribution in [2.75, 3.05) is 12.0 Å². The minimum Gasteiger partial charge on any atom is -0.502 e. The molecule has 0 spiro atoms. The number of anilines is 1. The number of amides is 2. The molecule has 0 aliphatic carbocycles. The standard InChI is InChI=1S/C17H12ClNO4/c1-23-13-8-7-11(9-12(13)18)19-16(21)14(15(20)17(19)22)10-5-3-2-4-6-10/h2-9,20H,1H3. The van der Waals surface area contributed by atoms with Gasteiger partial charge in [-0.1, -0.05) is 41.9 Å². The monoisotopic (exact) mass is 329 g/mol. The van der Waals surface area contributed by atoms with Crippen molar-refractivity contribution < 1.29 is 19.4 Å². The van der Waals surface area contributed by atoms with E-state index >= 15 is 0 Å². The van der Waals surface area contributed by atoms with Gasteiger partial charge in [0.2, 0.25) is 0 Å². The van der Waals surface area contributed by atoms with Gasteiger partial charge >= 0.3 is 5.91 Å². The normalized spacial score (nSPS) is 14.6. The SMILES string of the molecule is COc1ccc(N2C(=O)C(O)=C(c3ccccc3)C2=O)cc1Cl. The average Bonchev–Trinajstić information content (AvgIpc) is 2.78. The molecule has 0 fully saturated rings. The van der Waals surface area contributed by atoms with E-state index < -0.39 is 17.6 Å². The average molecular weight is 330 g/mol. The second-order valence-electron chi connectivity index (χ2n) is 4.85. The molecule has 0 radical (unpaired) electrons. The van der Waals surface area contributed by atoms with Crippen LogP contribution in [0.3, 0.4) is 0 Å². The van der Waals surface area contributed by atoms with Gasteiger partial charge in [0.05, 0.1) is 23.4 Å². The van der Waals surface area contributed by atoms with Crippen LogP contribution >= 0.6 is 11.6 Å². The van der Waals surface area contributed by atoms with Crippen LogP contribution in [0.5, 0.6) is 5.75 Å². The number of aliphatic hydroxyl groups excluding tert-OH is 1. The van der Waals surface area contributed by atoms with E-state index in [0.717, 1.165) is 4.90 Å². The molecular formula is C17H12ClNO4. The predicted octanol–water partition coefficient (Wildman–Crippen LogP) is 3.19. The Morgan fingerprint density at radius 2 is 1.74 bits per heavy atom. The fourth-order valence-corrected chi connectivity index (χ4v) is 2.66. The Morgan fingerprint density at radius 3 is 2.35 bits per heavy atom. The third kappa shape index (κ3) is 2.45. The van der Waals surface area contributed by atoms with Gasteiger partial charge < -0.3 is 9.84 Å². The molecule has 1 N–H and O–H groups in total. The number of carbonyl (C=O) groups excluding carboxylic acids is 2. The Bertz CT molecular complexity index is 830. The highest BCUT2D eigenvalue weighted by Gasteiger charge is 2.40. The summed E-state index contributed by atoms with van der Waals surface area (Å²) in [6.07, 6.45) is 0. The topological polar surface area (TPSA) is 66.8 Å². The first-order valence-corrected chi connectivity index (χ1v) is 7.13. The molecule has 2 aromatic carbocycles. The maximum atomic E-state index is 12.6. The van der Waals surface area contributed by atoms with Gasteiger partial charge in [0, 0.05) is 0 Å². The van der Waals surface area contributed by atoms with Crippen LogP contribution in [-0.2, 0) is 9.59 Å². The van der Waals surface area contributed by atoms with E-state index in [-0.39, 0.29) is 16.3 Å². The van der Waals surface area contributed by atoms with Crippen molar-refractivity contribution >= 4 is 34.7 Å². The smallest absolute Gasteiger partial charge is 0.301 e. The molecule has 0 saturated heterocycles. The van der Waals surface area contributed by atoms with E-state index in [0.29, 0.717) is 11.3 Å². The third-order valence-electron chi connectivity index (χ3n) is 3.52. The van der Waals surface area contributed by atoms with E-state index in [1.807, 2.05) is 0 Å². The second-order valence-corrected chi connectivity index (χ2v) is 5.26. The number of carbonyl (C=O) groups is 2. The molecule has 1 aliphatic heterocycles. The number of ether oxygens (including phenoxy) is 1. The number of nitrogens with zero attached hydrogens (tertiary/aromatic N) is 1. The van der Waals surface area contributed by atoms with Gasteiger partial charge in [0.1, 0.15) is 5.75 Å². The Balaban J connectivity index is 2.03. The van der Waals surface area contributed by atoms with Gasteiger partial charge in [0.25, 0.3) is 5.91 Å². The fraction of sp³-hybridized carbons (Fsp3) is 0.0588. The molecule has 1 aliphatic rings. The maximum absolute atomic E-state index is 12.6. The molecule has 6 heteroatoms. The predicted molar refractivity (Wildman–Crippen MR) is 86.5 cm³/mol. The highest BCUT2D eigenvalue weighted by Crippen LogP contribution is 2.35. The van der Waals surface area contributed by atoms with Gasteiger partial charge in [-0.2, -0.15) is 0 Å². The van der Waals surface area contributed by atoms with Crippen LogP contribution in [0.15, 0.2) is 54.3 Å². The minimum absolute atomic E-state index is 0.0254. The number of aliphatic hydroxyl groups is 1. The van der Waals surface area contributed by atoms with Crippen molar-refractivity contribution in [3.05, 3.63) is 64.9 Å². The molecule has 0 atom stereocenters. The number of hydrogen-bond donors (Lipinski definition) is 1. The molecule has 0 aromatic heterocycles. The zero-order valence-corrected chi connectivity index (χ0v) is 12.9. The van der Waals surface area contributed by atoms with E-state index in [1.165, 1.54) is 19.2 Å². The quantitative estimate of drug-likeness (QED) is 0.878. The maximum Gasteiger partial charge on any atom is 0.301 e. The van der Waals surface area contributed by atoms with Gasteiger partial charge in [-0.3, -0.25) is 9.59 Å². The summed E-state index contributed by atoms with van der Waals surface area (Å²) in [6.45, 7) is 0. The van der Waals surface area contributed by atoms with Crippen LogP contribution < -0.4 is 9.64 Å². The first-order chi connectivity index (χ1) is 11.0. The molecule has 5 nitrogen and oxygen atoms in total. The van der Waals surface area contributed by atoms with Gasteiger partial charge in [-0.15, -0.1) is 0 Å². The Labute approximate surface area is 137 Å². The summed E-state index contributed by atoms with van der Waals surface area (Å²) in [4.78, 5) is 25.8. The van der Waals surface area contributed by atoms with Crippen LogP contribution in [0, 0.1) is 0 Å². The molecule has 3 rings (SSSR count). The Hall–Kier alpha value is -2.79. The summed E-state index contributed by atoms with van der Waals surface area (Å²) in [5.74, 6) is -1.53. The summed E-state index contributed by atoms with van der Waals surface area (Å²) >= 11 is 6.04. The van der Waals surface area contributed by atoms with Crippen molar-refractivity contribution in [3.8, 4) is 5.75 Å². The lowest BCUT2D eigenvalue weighted by Gasteiger charge is -2.15. The summed E-state index contributed by atoms with van der Waals surface area (Å²) < 4.78 is 5.05. The Kier molecular flexibility index (Phi) is 3.80. The highest BCUT2D eigenvalue weighted by atomic mass is 35.5. The molecule has 1 heterocycles.